The van der Waals surface area contributed by atoms with E-state index < -0.39 is 0 Å². The minimum atomic E-state index is -0.267. The second-order valence-corrected chi connectivity index (χ2v) is 4.49. The highest BCUT2D eigenvalue weighted by Gasteiger charge is 2.34. The van der Waals surface area contributed by atoms with Crippen LogP contribution in [0.5, 0.6) is 0 Å². The van der Waals surface area contributed by atoms with Crippen LogP contribution in [-0.2, 0) is 4.79 Å². The molecule has 4 heteroatoms. The first kappa shape index (κ1) is 12.2. The van der Waals surface area contributed by atoms with Gasteiger partial charge in [-0.05, 0) is 31.4 Å². The number of aliphatic hydroxyl groups excluding tert-OH is 1. The third kappa shape index (κ3) is 2.07. The van der Waals surface area contributed by atoms with E-state index in [0.717, 1.165) is 12.8 Å². The van der Waals surface area contributed by atoms with Crippen LogP contribution in [0.2, 0.25) is 0 Å². The van der Waals surface area contributed by atoms with E-state index in [1.807, 2.05) is 6.07 Å². The van der Waals surface area contributed by atoms with Crippen molar-refractivity contribution in [2.45, 2.75) is 19.8 Å². The van der Waals surface area contributed by atoms with Gasteiger partial charge in [-0.25, -0.2) is 0 Å². The maximum Gasteiger partial charge on any atom is 0.180 e. The number of anilines is 1. The Hall–Kier alpha value is -2.28. The van der Waals surface area contributed by atoms with Crippen LogP contribution in [0.15, 0.2) is 23.8 Å². The zero-order valence-electron chi connectivity index (χ0n) is 10.1. The molecule has 0 aromatic heterocycles. The molecule has 1 aliphatic carbocycles. The summed E-state index contributed by atoms with van der Waals surface area (Å²) in [6, 6.07) is 6.85. The van der Waals surface area contributed by atoms with Gasteiger partial charge in [0.15, 0.2) is 5.78 Å². The minimum absolute atomic E-state index is 0.0943. The van der Waals surface area contributed by atoms with Crippen LogP contribution in [0.1, 0.15) is 24.0 Å². The van der Waals surface area contributed by atoms with E-state index >= 15 is 0 Å². The number of rotatable bonds is 3. The molecule has 0 radical (unpaired) electrons. The number of allylic oxidation sites excluding steroid dienone is 1. The quantitative estimate of drug-likeness (QED) is 0.368. The summed E-state index contributed by atoms with van der Waals surface area (Å²) in [6.07, 6.45) is 1.60. The lowest BCUT2D eigenvalue weighted by molar-refractivity contribution is -0.116. The SMILES string of the molecule is Cc1c(N)cccc1C(O)=C(C#N)C(=O)C1CC1. The number of benzene rings is 1. The maximum absolute atomic E-state index is 11.9. The van der Waals surface area contributed by atoms with Crippen LogP contribution < -0.4 is 5.73 Å². The number of Topliss-reactive ketones (excluding diaryl/α,β-unsaturated/α-hetero) is 1. The Morgan fingerprint density at radius 1 is 1.50 bits per heavy atom. The van der Waals surface area contributed by atoms with E-state index in [4.69, 9.17) is 11.0 Å². The summed E-state index contributed by atoms with van der Waals surface area (Å²) in [5.41, 5.74) is 7.23. The van der Waals surface area contributed by atoms with Gasteiger partial charge in [0.1, 0.15) is 17.4 Å². The summed E-state index contributed by atoms with van der Waals surface area (Å²) < 4.78 is 0. The number of nitrogen functional groups attached to an aromatic ring is 1. The van der Waals surface area contributed by atoms with Gasteiger partial charge in [0, 0.05) is 17.2 Å². The zero-order valence-corrected chi connectivity index (χ0v) is 10.1. The van der Waals surface area contributed by atoms with Crippen LogP contribution in [0.4, 0.5) is 5.69 Å². The molecule has 0 bridgehead atoms. The molecule has 1 aromatic rings. The van der Waals surface area contributed by atoms with Gasteiger partial charge in [0.05, 0.1) is 0 Å². The van der Waals surface area contributed by atoms with Crippen LogP contribution >= 0.6 is 0 Å². The highest BCUT2D eigenvalue weighted by molar-refractivity contribution is 6.07. The van der Waals surface area contributed by atoms with E-state index in [2.05, 4.69) is 0 Å². The molecule has 0 spiro atoms. The van der Waals surface area contributed by atoms with E-state index in [0.29, 0.717) is 16.8 Å². The third-order valence-corrected chi connectivity index (χ3v) is 3.17. The highest BCUT2D eigenvalue weighted by atomic mass is 16.3. The molecule has 0 atom stereocenters. The summed E-state index contributed by atoms with van der Waals surface area (Å²) >= 11 is 0. The smallest absolute Gasteiger partial charge is 0.180 e. The molecule has 1 aromatic carbocycles. The standard InChI is InChI=1S/C14H14N2O2/c1-8-10(3-2-4-12(8)16)14(18)11(7-15)13(17)9-5-6-9/h2-4,9,18H,5-6,16H2,1H3. The average molecular weight is 242 g/mol. The second kappa shape index (κ2) is 4.53. The van der Waals surface area contributed by atoms with Crippen molar-refractivity contribution < 1.29 is 9.90 Å². The van der Waals surface area contributed by atoms with Crippen LogP contribution in [0.25, 0.3) is 5.76 Å². The van der Waals surface area contributed by atoms with Gasteiger partial charge in [-0.3, -0.25) is 4.79 Å². The summed E-state index contributed by atoms with van der Waals surface area (Å²) in [6.45, 7) is 1.75. The average Bonchev–Trinajstić information content (AvgIpc) is 3.17. The van der Waals surface area contributed by atoms with Gasteiger partial charge in [-0.2, -0.15) is 5.26 Å². The highest BCUT2D eigenvalue weighted by Crippen LogP contribution is 2.34. The van der Waals surface area contributed by atoms with Crippen molar-refractivity contribution in [2.24, 2.45) is 5.92 Å². The molecule has 1 saturated carbocycles. The molecular formula is C14H14N2O2. The van der Waals surface area contributed by atoms with Gasteiger partial charge < -0.3 is 10.8 Å². The van der Waals surface area contributed by atoms with Crippen molar-refractivity contribution in [3.8, 4) is 6.07 Å². The van der Waals surface area contributed by atoms with Gasteiger partial charge in [-0.15, -0.1) is 0 Å². The van der Waals surface area contributed by atoms with Crippen LogP contribution in [-0.4, -0.2) is 10.9 Å². The number of nitrogens with zero attached hydrogens (tertiary/aromatic N) is 1. The molecule has 1 aliphatic rings. The number of ketones is 1. The minimum Gasteiger partial charge on any atom is -0.506 e. The lowest BCUT2D eigenvalue weighted by Gasteiger charge is -2.09. The molecule has 92 valence electrons. The molecule has 4 nitrogen and oxygen atoms in total. The first-order valence-corrected chi connectivity index (χ1v) is 5.79. The van der Waals surface area contributed by atoms with Crippen molar-refractivity contribution in [3.63, 3.8) is 0 Å². The topological polar surface area (TPSA) is 87.1 Å². The predicted molar refractivity (Wildman–Crippen MR) is 68.5 cm³/mol. The van der Waals surface area contributed by atoms with Crippen LogP contribution in [0, 0.1) is 24.2 Å². The van der Waals surface area contributed by atoms with Crippen molar-refractivity contribution in [1.82, 2.24) is 0 Å². The summed E-state index contributed by atoms with van der Waals surface area (Å²) in [4.78, 5) is 11.9. The molecule has 3 N–H and O–H groups in total. The fourth-order valence-corrected chi connectivity index (χ4v) is 1.82. The van der Waals surface area contributed by atoms with Crippen molar-refractivity contribution >= 4 is 17.2 Å². The number of nitriles is 1. The summed E-state index contributed by atoms with van der Waals surface area (Å²) in [7, 11) is 0. The molecule has 0 saturated heterocycles. The monoisotopic (exact) mass is 242 g/mol. The normalized spacial score (nSPS) is 15.8. The molecular weight excluding hydrogens is 228 g/mol. The maximum atomic E-state index is 11.9. The molecule has 0 amide bonds. The van der Waals surface area contributed by atoms with E-state index in [1.54, 1.807) is 25.1 Å². The number of hydrogen-bond acceptors (Lipinski definition) is 4. The van der Waals surface area contributed by atoms with E-state index in [-0.39, 0.29) is 23.0 Å². The van der Waals surface area contributed by atoms with E-state index in [9.17, 15) is 9.90 Å². The lowest BCUT2D eigenvalue weighted by atomic mass is 9.99. The molecule has 0 unspecified atom stereocenters. The molecule has 2 rings (SSSR count). The Morgan fingerprint density at radius 2 is 2.17 bits per heavy atom. The van der Waals surface area contributed by atoms with Crippen molar-refractivity contribution in [1.29, 1.82) is 5.26 Å². The number of hydrogen-bond donors (Lipinski definition) is 2. The van der Waals surface area contributed by atoms with Crippen molar-refractivity contribution in [3.05, 3.63) is 34.9 Å². The largest absolute Gasteiger partial charge is 0.506 e. The van der Waals surface area contributed by atoms with Crippen molar-refractivity contribution in [2.75, 3.05) is 5.73 Å². The Kier molecular flexibility index (Phi) is 3.07. The predicted octanol–water partition coefficient (Wildman–Crippen LogP) is 2.35. The molecule has 0 heterocycles. The van der Waals surface area contributed by atoms with Gasteiger partial charge in [0.25, 0.3) is 0 Å². The first-order valence-electron chi connectivity index (χ1n) is 5.79. The Labute approximate surface area is 105 Å². The summed E-state index contributed by atoms with van der Waals surface area (Å²) in [5, 5.41) is 19.2. The first-order chi connectivity index (χ1) is 8.56. The summed E-state index contributed by atoms with van der Waals surface area (Å²) in [5.74, 6) is -0.626. The molecule has 1 fully saturated rings. The van der Waals surface area contributed by atoms with Gasteiger partial charge in [0.2, 0.25) is 0 Å². The van der Waals surface area contributed by atoms with Gasteiger partial charge in [-0.1, -0.05) is 12.1 Å². The number of aliphatic hydroxyl groups is 1. The molecule has 18 heavy (non-hydrogen) atoms. The van der Waals surface area contributed by atoms with Crippen LogP contribution in [0.3, 0.4) is 0 Å². The number of carbonyl (C=O) groups is 1. The van der Waals surface area contributed by atoms with E-state index in [1.165, 1.54) is 0 Å². The zero-order chi connectivity index (χ0) is 13.3. The Balaban J connectivity index is 2.50. The molecule has 0 aliphatic heterocycles. The fourth-order valence-electron chi connectivity index (χ4n) is 1.82. The fraction of sp³-hybridized carbons (Fsp3) is 0.286. The lowest BCUT2D eigenvalue weighted by Crippen LogP contribution is -2.07. The Bertz CT molecular complexity index is 578. The number of carbonyl (C=O) groups excluding carboxylic acids is 1. The van der Waals surface area contributed by atoms with Gasteiger partial charge >= 0.3 is 0 Å². The second-order valence-electron chi connectivity index (χ2n) is 4.49. The Morgan fingerprint density at radius 3 is 2.72 bits per heavy atom. The number of nitrogens with two attached hydrogens (primary N) is 1. The third-order valence-electron chi connectivity index (χ3n) is 3.17.